The van der Waals surface area contributed by atoms with E-state index in [4.69, 9.17) is 58.6 Å². The second kappa shape index (κ2) is 14.7. The van der Waals surface area contributed by atoms with Gasteiger partial charge in [-0.05, 0) is 63.7 Å². The van der Waals surface area contributed by atoms with E-state index in [1.54, 1.807) is 11.3 Å². The van der Waals surface area contributed by atoms with E-state index >= 15 is 0 Å². The van der Waals surface area contributed by atoms with Gasteiger partial charge in [-0.25, -0.2) is 15.0 Å². The minimum atomic E-state index is 0.198. The zero-order chi connectivity index (χ0) is 41.4. The van der Waals surface area contributed by atoms with Gasteiger partial charge in [0.05, 0.1) is 5.56 Å². The number of benzene rings is 8. The summed E-state index contributed by atoms with van der Waals surface area (Å²) in [6.45, 7) is 0. The summed E-state index contributed by atoms with van der Waals surface area (Å²) in [6.07, 6.45) is 0. The Morgan fingerprint density at radius 3 is 1.61 bits per heavy atom. The first-order valence-corrected chi connectivity index (χ1v) is 20.5. The Bertz CT molecular complexity index is 3500. The van der Waals surface area contributed by atoms with Gasteiger partial charge in [0.1, 0.15) is 50.4 Å². The second-order valence-corrected chi connectivity index (χ2v) is 16.1. The van der Waals surface area contributed by atoms with Crippen molar-refractivity contribution in [2.45, 2.75) is 0 Å². The fourth-order valence-corrected chi connectivity index (χ4v) is 9.47. The highest BCUT2D eigenvalue weighted by Crippen LogP contribution is 2.41. The molecule has 4 nitrogen and oxygen atoms in total. The van der Waals surface area contributed by atoms with E-state index < -0.39 is 0 Å². The topological polar surface area (TPSA) is 51.8 Å². The maximum atomic E-state index is 6.74. The molecular weight excluding hydrogens is 757 g/mol. The molecule has 272 valence electrons. The molecule has 3 aromatic heterocycles. The normalized spacial score (nSPS) is 11.6. The van der Waals surface area contributed by atoms with Crippen LogP contribution in [0.2, 0.25) is 0 Å². The predicted molar refractivity (Wildman–Crippen MR) is 260 cm³/mol. The van der Waals surface area contributed by atoms with Crippen molar-refractivity contribution in [3.63, 3.8) is 0 Å². The standard InChI is InChI=1S/C51H26B5N3OS/c52-42-41(43(53)45(55)46(56)44(42)54)30-22-20-28(21-23-30)27-16-18-29(19-17-27)32-24-25-33-35-11-6-13-37(47(35)60-39(33)26-32)50-57-49(31-8-2-1-3-9-31)58-51(59-50)38-14-7-12-36-34-10-4-5-15-40(34)61-48(36)38/h1-26H. The Labute approximate surface area is 362 Å². The van der Waals surface area contributed by atoms with Crippen LogP contribution >= 0.6 is 11.3 Å². The van der Waals surface area contributed by atoms with Gasteiger partial charge in [-0.2, -0.15) is 0 Å². The molecule has 0 unspecified atom stereocenters. The van der Waals surface area contributed by atoms with Crippen LogP contribution in [0.3, 0.4) is 0 Å². The average molecular weight is 783 g/mol. The largest absolute Gasteiger partial charge is 0.455 e. The lowest BCUT2D eigenvalue weighted by Crippen LogP contribution is -2.55. The number of nitrogens with zero attached hydrogens (tertiary/aromatic N) is 3. The van der Waals surface area contributed by atoms with Gasteiger partial charge in [0, 0.05) is 42.1 Å². The summed E-state index contributed by atoms with van der Waals surface area (Å²) in [5.41, 5.74) is 11.0. The summed E-state index contributed by atoms with van der Waals surface area (Å²) in [4.78, 5) is 15.3. The first kappa shape index (κ1) is 37.1. The van der Waals surface area contributed by atoms with E-state index in [1.807, 2.05) is 66.7 Å². The molecular formula is C51H26B5N3OS. The number of rotatable bonds is 6. The third-order valence-electron chi connectivity index (χ3n) is 11.5. The molecule has 0 N–H and O–H groups in total. The van der Waals surface area contributed by atoms with E-state index in [0.29, 0.717) is 34.0 Å². The fraction of sp³-hybridized carbons (Fsp3) is 0. The highest BCUT2D eigenvalue weighted by Gasteiger charge is 2.20. The molecule has 0 aliphatic rings. The molecule has 0 aliphatic carbocycles. The number of fused-ring (bicyclic) bond motifs is 6. The van der Waals surface area contributed by atoms with Crippen molar-refractivity contribution in [3.8, 4) is 67.5 Å². The van der Waals surface area contributed by atoms with Crippen LogP contribution in [-0.2, 0) is 0 Å². The van der Waals surface area contributed by atoms with Crippen LogP contribution in [0.1, 0.15) is 0 Å². The first-order valence-electron chi connectivity index (χ1n) is 19.7. The molecule has 3 heterocycles. The van der Waals surface area contributed by atoms with E-state index in [9.17, 15) is 0 Å². The number of thiophene rings is 1. The lowest BCUT2D eigenvalue weighted by molar-refractivity contribution is 0.669. The molecule has 0 aliphatic heterocycles. The van der Waals surface area contributed by atoms with Gasteiger partial charge in [0.25, 0.3) is 0 Å². The minimum Gasteiger partial charge on any atom is -0.455 e. The van der Waals surface area contributed by atoms with Crippen molar-refractivity contribution in [3.05, 3.63) is 158 Å². The molecule has 0 saturated heterocycles. The third kappa shape index (κ3) is 6.24. The molecule has 11 rings (SSSR count). The monoisotopic (exact) mass is 783 g/mol. The zero-order valence-corrected chi connectivity index (χ0v) is 33.4. The summed E-state index contributed by atoms with van der Waals surface area (Å²) in [5, 5.41) is 4.40. The van der Waals surface area contributed by atoms with Gasteiger partial charge in [-0.15, -0.1) is 27.7 Å². The van der Waals surface area contributed by atoms with E-state index in [-0.39, 0.29) is 16.4 Å². The fourth-order valence-electron chi connectivity index (χ4n) is 8.26. The number of furan rings is 1. The van der Waals surface area contributed by atoms with E-state index in [0.717, 1.165) is 71.1 Å². The predicted octanol–water partition coefficient (Wildman–Crippen LogP) is 8.11. The van der Waals surface area contributed by atoms with Gasteiger partial charge in [-0.3, -0.25) is 0 Å². The van der Waals surface area contributed by atoms with Gasteiger partial charge in [0.15, 0.2) is 17.5 Å². The maximum Gasteiger partial charge on any atom is 0.167 e. The first-order chi connectivity index (χ1) is 29.8. The highest BCUT2D eigenvalue weighted by molar-refractivity contribution is 7.26. The quantitative estimate of drug-likeness (QED) is 0.160. The molecule has 0 spiro atoms. The van der Waals surface area contributed by atoms with Crippen molar-refractivity contribution in [2.24, 2.45) is 0 Å². The van der Waals surface area contributed by atoms with E-state index in [2.05, 4.69) is 91.0 Å². The molecule has 0 amide bonds. The zero-order valence-electron chi connectivity index (χ0n) is 32.6. The number of para-hydroxylation sites is 1. The summed E-state index contributed by atoms with van der Waals surface area (Å²) in [5.74, 6) is 1.76. The smallest absolute Gasteiger partial charge is 0.167 e. The van der Waals surface area contributed by atoms with Gasteiger partial charge < -0.3 is 4.42 Å². The highest BCUT2D eigenvalue weighted by atomic mass is 32.1. The third-order valence-corrected chi connectivity index (χ3v) is 12.7. The number of hydrogen-bond acceptors (Lipinski definition) is 5. The molecule has 0 saturated carbocycles. The lowest BCUT2D eigenvalue weighted by atomic mass is 9.59. The van der Waals surface area contributed by atoms with Crippen molar-refractivity contribution in [1.29, 1.82) is 0 Å². The molecule has 61 heavy (non-hydrogen) atoms. The summed E-state index contributed by atoms with van der Waals surface area (Å²) < 4.78 is 9.11. The number of aromatic nitrogens is 3. The van der Waals surface area contributed by atoms with Crippen LogP contribution < -0.4 is 27.3 Å². The SMILES string of the molecule is [B]c1c([B])c([B])c(-c2ccc(-c3ccc(-c4ccc5c(c4)oc4c(-c6nc(-c7ccccc7)nc(-c7cccc8c7sc7ccccc78)n6)cccc45)cc3)cc2)c([B])c1[B]. The lowest BCUT2D eigenvalue weighted by Gasteiger charge is -2.21. The van der Waals surface area contributed by atoms with Crippen molar-refractivity contribution in [1.82, 2.24) is 15.0 Å². The van der Waals surface area contributed by atoms with Crippen LogP contribution in [0.15, 0.2) is 162 Å². The molecule has 10 heteroatoms. The summed E-state index contributed by atoms with van der Waals surface area (Å²) in [7, 11) is 30.9. The minimum absolute atomic E-state index is 0.198. The van der Waals surface area contributed by atoms with Crippen LogP contribution in [0.25, 0.3) is 110 Å². The summed E-state index contributed by atoms with van der Waals surface area (Å²) >= 11 is 1.76. The molecule has 10 radical (unpaired) electrons. The van der Waals surface area contributed by atoms with Crippen molar-refractivity contribution >= 4 is 120 Å². The molecule has 8 aromatic carbocycles. The van der Waals surface area contributed by atoms with Crippen molar-refractivity contribution < 1.29 is 4.42 Å². The Balaban J connectivity index is 0.957. The maximum absolute atomic E-state index is 6.74. The van der Waals surface area contributed by atoms with Crippen molar-refractivity contribution in [2.75, 3.05) is 0 Å². The Hall–Kier alpha value is -6.89. The van der Waals surface area contributed by atoms with Crippen LogP contribution in [0.4, 0.5) is 0 Å². The van der Waals surface area contributed by atoms with E-state index in [1.165, 1.54) is 15.5 Å². The Morgan fingerprint density at radius 1 is 0.377 bits per heavy atom. The molecule has 0 fully saturated rings. The van der Waals surface area contributed by atoms with Crippen LogP contribution in [0, 0.1) is 0 Å². The van der Waals surface area contributed by atoms with Crippen LogP contribution in [0.5, 0.6) is 0 Å². The molecule has 11 aromatic rings. The Morgan fingerprint density at radius 2 is 0.902 bits per heavy atom. The van der Waals surface area contributed by atoms with Gasteiger partial charge in [-0.1, -0.05) is 138 Å². The second-order valence-electron chi connectivity index (χ2n) is 15.0. The Kier molecular flexibility index (Phi) is 8.94. The summed E-state index contributed by atoms with van der Waals surface area (Å²) in [6, 6.07) is 53.8. The average Bonchev–Trinajstić information content (AvgIpc) is 3.89. The van der Waals surface area contributed by atoms with Gasteiger partial charge in [0.2, 0.25) is 0 Å². The number of hydrogen-bond donors (Lipinski definition) is 0. The van der Waals surface area contributed by atoms with Gasteiger partial charge >= 0.3 is 0 Å². The molecule has 0 atom stereocenters. The molecule has 0 bridgehead atoms. The van der Waals surface area contributed by atoms with Crippen LogP contribution in [-0.4, -0.2) is 54.2 Å².